The normalized spacial score (nSPS) is 20.1. The maximum atomic E-state index is 5.91. The van der Waals surface area contributed by atoms with Crippen LogP contribution in [0.3, 0.4) is 0 Å². The van der Waals surface area contributed by atoms with Crippen LogP contribution in [-0.2, 0) is 7.05 Å². The molecule has 19 heavy (non-hydrogen) atoms. The Bertz CT molecular complexity index is 390. The number of rotatable bonds is 6. The van der Waals surface area contributed by atoms with Crippen molar-refractivity contribution in [3.63, 3.8) is 0 Å². The van der Waals surface area contributed by atoms with Crippen LogP contribution in [0.15, 0.2) is 12.4 Å². The predicted molar refractivity (Wildman–Crippen MR) is 77.4 cm³/mol. The molecule has 1 aromatic rings. The van der Waals surface area contributed by atoms with Crippen LogP contribution in [0.25, 0.3) is 0 Å². The van der Waals surface area contributed by atoms with Crippen molar-refractivity contribution in [1.29, 1.82) is 0 Å². The van der Waals surface area contributed by atoms with Gasteiger partial charge in [-0.25, -0.2) is 0 Å². The molecule has 5 nitrogen and oxygen atoms in total. The highest BCUT2D eigenvalue weighted by molar-refractivity contribution is 5.19. The highest BCUT2D eigenvalue weighted by Crippen LogP contribution is 2.44. The summed E-state index contributed by atoms with van der Waals surface area (Å²) >= 11 is 0. The SMILES string of the molecule is CCN(CC)C1(C(NN)c2cnn(C)c2)CCCC1. The molecule has 1 aromatic heterocycles. The highest BCUT2D eigenvalue weighted by Gasteiger charge is 2.45. The van der Waals surface area contributed by atoms with E-state index in [9.17, 15) is 0 Å². The lowest BCUT2D eigenvalue weighted by molar-refractivity contribution is 0.0626. The van der Waals surface area contributed by atoms with Gasteiger partial charge in [0.15, 0.2) is 0 Å². The molecule has 0 amide bonds. The van der Waals surface area contributed by atoms with Gasteiger partial charge in [-0.3, -0.25) is 20.9 Å². The van der Waals surface area contributed by atoms with Crippen molar-refractivity contribution < 1.29 is 0 Å². The van der Waals surface area contributed by atoms with Crippen LogP contribution < -0.4 is 11.3 Å². The van der Waals surface area contributed by atoms with Crippen molar-refractivity contribution in [3.05, 3.63) is 18.0 Å². The first kappa shape index (κ1) is 14.5. The summed E-state index contributed by atoms with van der Waals surface area (Å²) in [4.78, 5) is 2.57. The standard InChI is InChI=1S/C14H27N5/c1-4-19(5-2)14(8-6-7-9-14)13(17-15)12-10-16-18(3)11-12/h10-11,13,17H,4-9,15H2,1-3H3. The van der Waals surface area contributed by atoms with Crippen LogP contribution in [0.1, 0.15) is 51.1 Å². The Morgan fingerprint density at radius 2 is 2.05 bits per heavy atom. The zero-order chi connectivity index (χ0) is 13.9. The quantitative estimate of drug-likeness (QED) is 0.605. The molecular formula is C14H27N5. The monoisotopic (exact) mass is 265 g/mol. The molecule has 1 saturated carbocycles. The van der Waals surface area contributed by atoms with Gasteiger partial charge in [-0.2, -0.15) is 5.10 Å². The number of likely N-dealkylation sites (N-methyl/N-ethyl adjacent to an activating group) is 1. The van der Waals surface area contributed by atoms with E-state index in [1.54, 1.807) is 0 Å². The number of nitrogens with two attached hydrogens (primary N) is 1. The fraction of sp³-hybridized carbons (Fsp3) is 0.786. The van der Waals surface area contributed by atoms with Crippen LogP contribution >= 0.6 is 0 Å². The number of nitrogens with zero attached hydrogens (tertiary/aromatic N) is 3. The van der Waals surface area contributed by atoms with Gasteiger partial charge in [0.05, 0.1) is 12.2 Å². The molecule has 1 aliphatic rings. The third-order valence-corrected chi connectivity index (χ3v) is 4.62. The van der Waals surface area contributed by atoms with Crippen LogP contribution in [0, 0.1) is 0 Å². The van der Waals surface area contributed by atoms with Crippen LogP contribution in [0.4, 0.5) is 0 Å². The number of hydrazine groups is 1. The molecule has 0 bridgehead atoms. The van der Waals surface area contributed by atoms with E-state index in [-0.39, 0.29) is 11.6 Å². The largest absolute Gasteiger partial charge is 0.296 e. The molecular weight excluding hydrogens is 238 g/mol. The van der Waals surface area contributed by atoms with Crippen molar-refractivity contribution >= 4 is 0 Å². The van der Waals surface area contributed by atoms with Gasteiger partial charge in [-0.05, 0) is 25.9 Å². The third kappa shape index (κ3) is 2.55. The minimum absolute atomic E-state index is 0.140. The minimum atomic E-state index is 0.140. The van der Waals surface area contributed by atoms with Gasteiger partial charge >= 0.3 is 0 Å². The lowest BCUT2D eigenvalue weighted by Crippen LogP contribution is -2.56. The second-order valence-corrected chi connectivity index (χ2v) is 5.53. The summed E-state index contributed by atoms with van der Waals surface area (Å²) in [6.45, 7) is 6.60. The summed E-state index contributed by atoms with van der Waals surface area (Å²) < 4.78 is 1.85. The average molecular weight is 265 g/mol. The van der Waals surface area contributed by atoms with Crippen molar-refractivity contribution in [2.24, 2.45) is 12.9 Å². The van der Waals surface area contributed by atoms with Crippen LogP contribution in [0.5, 0.6) is 0 Å². The average Bonchev–Trinajstić information content (AvgIpc) is 3.03. The van der Waals surface area contributed by atoms with Crippen molar-refractivity contribution in [2.75, 3.05) is 13.1 Å². The summed E-state index contributed by atoms with van der Waals surface area (Å²) in [5, 5.41) is 4.30. The van der Waals surface area contributed by atoms with Gasteiger partial charge in [0.1, 0.15) is 0 Å². The molecule has 1 aliphatic carbocycles. The summed E-state index contributed by atoms with van der Waals surface area (Å²) in [5.74, 6) is 5.91. The maximum absolute atomic E-state index is 5.91. The van der Waals surface area contributed by atoms with Gasteiger partial charge in [-0.1, -0.05) is 26.7 Å². The fourth-order valence-corrected chi connectivity index (χ4v) is 3.78. The van der Waals surface area contributed by atoms with E-state index in [1.165, 1.54) is 31.2 Å². The molecule has 5 heteroatoms. The zero-order valence-electron chi connectivity index (χ0n) is 12.4. The molecule has 1 unspecified atom stereocenters. The van der Waals surface area contributed by atoms with E-state index >= 15 is 0 Å². The Labute approximate surface area is 116 Å². The Kier molecular flexibility index (Phi) is 4.60. The topological polar surface area (TPSA) is 59.1 Å². The number of hydrogen-bond donors (Lipinski definition) is 2. The van der Waals surface area contributed by atoms with E-state index in [1.807, 2.05) is 17.9 Å². The molecule has 108 valence electrons. The van der Waals surface area contributed by atoms with E-state index in [0.29, 0.717) is 0 Å². The first-order chi connectivity index (χ1) is 9.17. The molecule has 3 N–H and O–H groups in total. The highest BCUT2D eigenvalue weighted by atomic mass is 15.3. The Balaban J connectivity index is 2.35. The zero-order valence-corrected chi connectivity index (χ0v) is 12.4. The van der Waals surface area contributed by atoms with Crippen LogP contribution in [0.2, 0.25) is 0 Å². The fourth-order valence-electron chi connectivity index (χ4n) is 3.78. The number of nitrogens with one attached hydrogen (secondary N) is 1. The van der Waals surface area contributed by atoms with Crippen molar-refractivity contribution in [1.82, 2.24) is 20.1 Å². The third-order valence-electron chi connectivity index (χ3n) is 4.62. The number of aromatic nitrogens is 2. The van der Waals surface area contributed by atoms with E-state index in [2.05, 4.69) is 35.5 Å². The van der Waals surface area contributed by atoms with Gasteiger partial charge in [0.2, 0.25) is 0 Å². The summed E-state index contributed by atoms with van der Waals surface area (Å²) in [7, 11) is 1.95. The second-order valence-electron chi connectivity index (χ2n) is 5.53. The molecule has 0 saturated heterocycles. The molecule has 1 heterocycles. The lowest BCUT2D eigenvalue weighted by Gasteiger charge is -2.45. The minimum Gasteiger partial charge on any atom is -0.296 e. The van der Waals surface area contributed by atoms with Crippen LogP contribution in [-0.4, -0.2) is 33.3 Å². The molecule has 0 aliphatic heterocycles. The van der Waals surface area contributed by atoms with E-state index in [0.717, 1.165) is 13.1 Å². The summed E-state index contributed by atoms with van der Waals surface area (Å²) in [5.41, 5.74) is 4.40. The predicted octanol–water partition coefficient (Wildman–Crippen LogP) is 1.58. The Hall–Kier alpha value is -0.910. The van der Waals surface area contributed by atoms with Crippen molar-refractivity contribution in [3.8, 4) is 0 Å². The Morgan fingerprint density at radius 1 is 1.42 bits per heavy atom. The molecule has 2 rings (SSSR count). The lowest BCUT2D eigenvalue weighted by atomic mass is 9.83. The maximum Gasteiger partial charge on any atom is 0.0674 e. The smallest absolute Gasteiger partial charge is 0.0674 e. The summed E-state index contributed by atoms with van der Waals surface area (Å²) in [6, 6.07) is 0.156. The van der Waals surface area contributed by atoms with E-state index < -0.39 is 0 Å². The van der Waals surface area contributed by atoms with Gasteiger partial charge < -0.3 is 0 Å². The van der Waals surface area contributed by atoms with Gasteiger partial charge in [0.25, 0.3) is 0 Å². The van der Waals surface area contributed by atoms with Crippen molar-refractivity contribution in [2.45, 2.75) is 51.1 Å². The second kappa shape index (κ2) is 6.03. The molecule has 1 fully saturated rings. The van der Waals surface area contributed by atoms with Gasteiger partial charge in [-0.15, -0.1) is 0 Å². The molecule has 0 radical (unpaired) electrons. The number of aryl methyl sites for hydroxylation is 1. The van der Waals surface area contributed by atoms with Gasteiger partial charge in [0, 0.05) is 24.3 Å². The molecule has 0 spiro atoms. The Morgan fingerprint density at radius 3 is 2.47 bits per heavy atom. The molecule has 0 aromatic carbocycles. The first-order valence-corrected chi connectivity index (χ1v) is 7.37. The first-order valence-electron chi connectivity index (χ1n) is 7.37. The summed E-state index contributed by atoms with van der Waals surface area (Å²) in [6.07, 6.45) is 9.00. The molecule has 1 atom stereocenters. The number of hydrogen-bond acceptors (Lipinski definition) is 4. The van der Waals surface area contributed by atoms with E-state index in [4.69, 9.17) is 5.84 Å².